The first-order valence-electron chi connectivity index (χ1n) is 7.63. The number of carbonyl (C=O) groups excluding carboxylic acids is 2. The van der Waals surface area contributed by atoms with Crippen molar-refractivity contribution in [1.29, 1.82) is 0 Å². The Morgan fingerprint density at radius 3 is 2.46 bits per heavy atom. The van der Waals surface area contributed by atoms with Crippen molar-refractivity contribution >= 4 is 17.5 Å². The third-order valence-electron chi connectivity index (χ3n) is 3.41. The Balaban J connectivity index is 1.87. The lowest BCUT2D eigenvalue weighted by Gasteiger charge is -2.09. The Labute approximate surface area is 140 Å². The lowest BCUT2D eigenvalue weighted by atomic mass is 10.1. The number of nitrogens with one attached hydrogen (secondary N) is 1. The maximum atomic E-state index is 11.8. The summed E-state index contributed by atoms with van der Waals surface area (Å²) in [6.45, 7) is 2.00. The molecule has 0 radical (unpaired) electrons. The number of anilines is 1. The zero-order chi connectivity index (χ0) is 17.5. The van der Waals surface area contributed by atoms with Crippen LogP contribution >= 0.6 is 0 Å². The number of ether oxygens (including phenoxy) is 1. The molecule has 0 aliphatic carbocycles. The van der Waals surface area contributed by atoms with Crippen LogP contribution in [0.25, 0.3) is 0 Å². The molecule has 24 heavy (non-hydrogen) atoms. The monoisotopic (exact) mass is 327 g/mol. The summed E-state index contributed by atoms with van der Waals surface area (Å²) in [5, 5.41) is 2.73. The van der Waals surface area contributed by atoms with Gasteiger partial charge in [-0.05, 0) is 55.3 Å². The standard InChI is InChI=1S/C18H21N3O3/c1-12-3-2-4-15(11-12)24-14-7-5-13(6-8-14)21-17(22)10-9-16(19)18(20)23/h2-8,11,16H,9-10,19H2,1H3,(H2,20,23)(H,21,22)/t16-/m0/s1. The highest BCUT2D eigenvalue weighted by Crippen LogP contribution is 2.23. The quantitative estimate of drug-likeness (QED) is 0.725. The summed E-state index contributed by atoms with van der Waals surface area (Å²) >= 11 is 0. The Kier molecular flexibility index (Phi) is 5.92. The molecule has 0 spiro atoms. The number of carbonyl (C=O) groups is 2. The fourth-order valence-electron chi connectivity index (χ4n) is 2.07. The summed E-state index contributed by atoms with van der Waals surface area (Å²) in [6.07, 6.45) is 0.349. The van der Waals surface area contributed by atoms with Gasteiger partial charge in [-0.1, -0.05) is 12.1 Å². The Morgan fingerprint density at radius 1 is 1.12 bits per heavy atom. The molecule has 2 aromatic rings. The van der Waals surface area contributed by atoms with E-state index in [1.807, 2.05) is 31.2 Å². The molecule has 1 atom stereocenters. The normalized spacial score (nSPS) is 11.6. The van der Waals surface area contributed by atoms with Crippen LogP contribution < -0.4 is 21.5 Å². The van der Waals surface area contributed by atoms with Crippen LogP contribution in [0.4, 0.5) is 5.69 Å². The van der Waals surface area contributed by atoms with Crippen LogP contribution in [-0.4, -0.2) is 17.9 Å². The lowest BCUT2D eigenvalue weighted by molar-refractivity contribution is -0.119. The summed E-state index contributed by atoms with van der Waals surface area (Å²) in [6, 6.07) is 14.0. The molecule has 0 heterocycles. The molecule has 0 fully saturated rings. The molecule has 2 aromatic carbocycles. The van der Waals surface area contributed by atoms with Gasteiger partial charge in [0.05, 0.1) is 6.04 Å². The molecule has 2 amide bonds. The second-order valence-corrected chi connectivity index (χ2v) is 5.54. The number of amides is 2. The van der Waals surface area contributed by atoms with E-state index in [2.05, 4.69) is 5.32 Å². The van der Waals surface area contributed by atoms with Gasteiger partial charge in [0.1, 0.15) is 11.5 Å². The van der Waals surface area contributed by atoms with Gasteiger partial charge in [0.25, 0.3) is 0 Å². The van der Waals surface area contributed by atoms with E-state index < -0.39 is 11.9 Å². The van der Waals surface area contributed by atoms with Gasteiger partial charge in [-0.25, -0.2) is 0 Å². The average Bonchev–Trinajstić information content (AvgIpc) is 2.54. The summed E-state index contributed by atoms with van der Waals surface area (Å²) in [4.78, 5) is 22.6. The molecule has 0 bridgehead atoms. The van der Waals surface area contributed by atoms with E-state index in [1.54, 1.807) is 24.3 Å². The molecule has 0 aliphatic rings. The topological polar surface area (TPSA) is 107 Å². The van der Waals surface area contributed by atoms with Crippen molar-refractivity contribution in [1.82, 2.24) is 0 Å². The van der Waals surface area contributed by atoms with Crippen LogP contribution in [0.2, 0.25) is 0 Å². The van der Waals surface area contributed by atoms with E-state index in [0.717, 1.165) is 11.3 Å². The summed E-state index contributed by atoms with van der Waals surface area (Å²) < 4.78 is 5.74. The Morgan fingerprint density at radius 2 is 1.83 bits per heavy atom. The number of primary amides is 1. The van der Waals surface area contributed by atoms with Gasteiger partial charge < -0.3 is 21.5 Å². The molecule has 0 saturated carbocycles. The maximum Gasteiger partial charge on any atom is 0.234 e. The second kappa shape index (κ2) is 8.12. The molecule has 2 rings (SSSR count). The molecular weight excluding hydrogens is 306 g/mol. The SMILES string of the molecule is Cc1cccc(Oc2ccc(NC(=O)CC[C@H](N)C(N)=O)cc2)c1. The first-order chi connectivity index (χ1) is 11.4. The van der Waals surface area contributed by atoms with Crippen molar-refractivity contribution in [3.8, 4) is 11.5 Å². The maximum absolute atomic E-state index is 11.8. The minimum absolute atomic E-state index is 0.131. The van der Waals surface area contributed by atoms with E-state index in [-0.39, 0.29) is 18.7 Å². The van der Waals surface area contributed by atoms with E-state index in [9.17, 15) is 9.59 Å². The highest BCUT2D eigenvalue weighted by Gasteiger charge is 2.11. The summed E-state index contributed by atoms with van der Waals surface area (Å²) in [5.41, 5.74) is 12.3. The Hall–Kier alpha value is -2.86. The first-order valence-corrected chi connectivity index (χ1v) is 7.63. The van der Waals surface area contributed by atoms with Crippen molar-refractivity contribution < 1.29 is 14.3 Å². The first kappa shape index (κ1) is 17.5. The van der Waals surface area contributed by atoms with Crippen molar-refractivity contribution in [3.63, 3.8) is 0 Å². The van der Waals surface area contributed by atoms with Crippen LogP contribution in [0.3, 0.4) is 0 Å². The van der Waals surface area contributed by atoms with Crippen LogP contribution in [0.1, 0.15) is 18.4 Å². The van der Waals surface area contributed by atoms with E-state index in [4.69, 9.17) is 16.2 Å². The average molecular weight is 327 g/mol. The van der Waals surface area contributed by atoms with Gasteiger partial charge in [0.2, 0.25) is 11.8 Å². The van der Waals surface area contributed by atoms with Crippen molar-refractivity contribution in [3.05, 3.63) is 54.1 Å². The fraction of sp³-hybridized carbons (Fsp3) is 0.222. The number of hydrogen-bond donors (Lipinski definition) is 3. The predicted molar refractivity (Wildman–Crippen MR) is 92.7 cm³/mol. The minimum Gasteiger partial charge on any atom is -0.457 e. The van der Waals surface area contributed by atoms with Gasteiger partial charge in [0, 0.05) is 12.1 Å². The predicted octanol–water partition coefficient (Wildman–Crippen LogP) is 2.32. The van der Waals surface area contributed by atoms with Crippen LogP contribution in [-0.2, 0) is 9.59 Å². The van der Waals surface area contributed by atoms with E-state index in [0.29, 0.717) is 11.4 Å². The molecule has 0 unspecified atom stereocenters. The fourth-order valence-corrected chi connectivity index (χ4v) is 2.07. The van der Waals surface area contributed by atoms with E-state index >= 15 is 0 Å². The van der Waals surface area contributed by atoms with Crippen molar-refractivity contribution in [2.75, 3.05) is 5.32 Å². The molecule has 6 heteroatoms. The number of rotatable bonds is 7. The molecule has 0 saturated heterocycles. The largest absolute Gasteiger partial charge is 0.457 e. The van der Waals surface area contributed by atoms with Crippen LogP contribution in [0.15, 0.2) is 48.5 Å². The van der Waals surface area contributed by atoms with Crippen molar-refractivity contribution in [2.24, 2.45) is 11.5 Å². The highest BCUT2D eigenvalue weighted by molar-refractivity contribution is 5.91. The lowest BCUT2D eigenvalue weighted by Crippen LogP contribution is -2.37. The molecule has 5 N–H and O–H groups in total. The minimum atomic E-state index is -0.805. The van der Waals surface area contributed by atoms with Crippen LogP contribution in [0.5, 0.6) is 11.5 Å². The number of benzene rings is 2. The second-order valence-electron chi connectivity index (χ2n) is 5.54. The van der Waals surface area contributed by atoms with Crippen molar-refractivity contribution in [2.45, 2.75) is 25.8 Å². The van der Waals surface area contributed by atoms with Gasteiger partial charge in [-0.15, -0.1) is 0 Å². The Bertz CT molecular complexity index is 714. The smallest absolute Gasteiger partial charge is 0.234 e. The van der Waals surface area contributed by atoms with E-state index in [1.165, 1.54) is 0 Å². The number of nitrogens with two attached hydrogens (primary N) is 2. The zero-order valence-corrected chi connectivity index (χ0v) is 13.5. The number of aryl methyl sites for hydroxylation is 1. The van der Waals surface area contributed by atoms with Gasteiger partial charge in [0.15, 0.2) is 0 Å². The third-order valence-corrected chi connectivity index (χ3v) is 3.41. The molecule has 126 valence electrons. The summed E-state index contributed by atoms with van der Waals surface area (Å²) in [5.74, 6) is 0.598. The molecular formula is C18H21N3O3. The van der Waals surface area contributed by atoms with Gasteiger partial charge in [-0.2, -0.15) is 0 Å². The summed E-state index contributed by atoms with van der Waals surface area (Å²) in [7, 11) is 0. The highest BCUT2D eigenvalue weighted by atomic mass is 16.5. The molecule has 0 aromatic heterocycles. The van der Waals surface area contributed by atoms with Crippen LogP contribution in [0, 0.1) is 6.92 Å². The molecule has 0 aliphatic heterocycles. The van der Waals surface area contributed by atoms with Gasteiger partial charge >= 0.3 is 0 Å². The molecule has 6 nitrogen and oxygen atoms in total. The van der Waals surface area contributed by atoms with Gasteiger partial charge in [-0.3, -0.25) is 9.59 Å². The third kappa shape index (κ3) is 5.40. The number of hydrogen-bond acceptors (Lipinski definition) is 4. The zero-order valence-electron chi connectivity index (χ0n) is 13.5.